The first-order valence-electron chi connectivity index (χ1n) is 4.56. The maximum absolute atomic E-state index is 11.6. The summed E-state index contributed by atoms with van der Waals surface area (Å²) in [6, 6.07) is 0. The van der Waals surface area contributed by atoms with Crippen LogP contribution in [0, 0.1) is 11.8 Å². The topological polar surface area (TPSA) is 54.5 Å². The average molecular weight is 203 g/mol. The van der Waals surface area contributed by atoms with Crippen molar-refractivity contribution >= 4 is 15.9 Å². The van der Waals surface area contributed by atoms with Gasteiger partial charge in [0.05, 0.1) is 5.75 Å². The molecule has 0 unspecified atom stereocenters. The Kier molecular flexibility index (Phi) is 1.87. The van der Waals surface area contributed by atoms with Crippen molar-refractivity contribution in [2.75, 3.05) is 12.3 Å². The second kappa shape index (κ2) is 2.70. The van der Waals surface area contributed by atoms with Crippen LogP contribution in [0.25, 0.3) is 0 Å². The van der Waals surface area contributed by atoms with Crippen LogP contribution in [0.4, 0.5) is 0 Å². The van der Waals surface area contributed by atoms with Crippen molar-refractivity contribution in [1.29, 1.82) is 0 Å². The van der Waals surface area contributed by atoms with Crippen LogP contribution < -0.4 is 0 Å². The SMILES string of the molecule is C[C@@H]1C[C@H]1C(=O)N1CCCS1(=O)=O. The Hall–Kier alpha value is -0.580. The maximum atomic E-state index is 11.6. The zero-order valence-electron chi connectivity index (χ0n) is 7.56. The Morgan fingerprint density at radius 1 is 1.46 bits per heavy atom. The van der Waals surface area contributed by atoms with E-state index in [1.54, 1.807) is 0 Å². The van der Waals surface area contributed by atoms with Gasteiger partial charge in [0.15, 0.2) is 0 Å². The highest BCUT2D eigenvalue weighted by Crippen LogP contribution is 2.40. The molecule has 1 saturated heterocycles. The molecule has 1 amide bonds. The van der Waals surface area contributed by atoms with Gasteiger partial charge in [0.1, 0.15) is 0 Å². The van der Waals surface area contributed by atoms with Crippen LogP contribution in [-0.2, 0) is 14.8 Å². The molecule has 74 valence electrons. The van der Waals surface area contributed by atoms with E-state index in [1.165, 1.54) is 0 Å². The lowest BCUT2D eigenvalue weighted by Crippen LogP contribution is -2.34. The molecule has 0 radical (unpaired) electrons. The third-order valence-electron chi connectivity index (χ3n) is 2.77. The maximum Gasteiger partial charge on any atom is 0.239 e. The second-order valence-corrected chi connectivity index (χ2v) is 5.91. The van der Waals surface area contributed by atoms with Gasteiger partial charge in [0, 0.05) is 12.5 Å². The highest BCUT2D eigenvalue weighted by Gasteiger charge is 2.45. The van der Waals surface area contributed by atoms with Crippen LogP contribution in [0.15, 0.2) is 0 Å². The summed E-state index contributed by atoms with van der Waals surface area (Å²) in [5.74, 6) is 0.320. The molecule has 2 atom stereocenters. The largest absolute Gasteiger partial charge is 0.273 e. The summed E-state index contributed by atoms with van der Waals surface area (Å²) < 4.78 is 23.8. The van der Waals surface area contributed by atoms with Gasteiger partial charge in [-0.1, -0.05) is 6.92 Å². The molecule has 2 rings (SSSR count). The van der Waals surface area contributed by atoms with Gasteiger partial charge in [-0.15, -0.1) is 0 Å². The monoisotopic (exact) mass is 203 g/mol. The average Bonchev–Trinajstić information content (AvgIpc) is 2.64. The van der Waals surface area contributed by atoms with Gasteiger partial charge >= 0.3 is 0 Å². The highest BCUT2D eigenvalue weighted by atomic mass is 32.2. The van der Waals surface area contributed by atoms with Crippen molar-refractivity contribution in [2.24, 2.45) is 11.8 Å². The molecule has 1 saturated carbocycles. The minimum Gasteiger partial charge on any atom is -0.273 e. The van der Waals surface area contributed by atoms with Crippen LogP contribution in [-0.4, -0.2) is 30.9 Å². The number of sulfonamides is 1. The first kappa shape index (κ1) is 8.99. The van der Waals surface area contributed by atoms with Crippen molar-refractivity contribution in [3.8, 4) is 0 Å². The fourth-order valence-electron chi connectivity index (χ4n) is 1.74. The lowest BCUT2D eigenvalue weighted by atomic mass is 10.3. The number of nitrogens with zero attached hydrogens (tertiary/aromatic N) is 1. The Bertz CT molecular complexity index is 335. The zero-order valence-corrected chi connectivity index (χ0v) is 8.38. The predicted molar refractivity (Wildman–Crippen MR) is 47.4 cm³/mol. The van der Waals surface area contributed by atoms with E-state index in [4.69, 9.17) is 0 Å². The minimum atomic E-state index is -3.23. The lowest BCUT2D eigenvalue weighted by Gasteiger charge is -2.13. The van der Waals surface area contributed by atoms with Gasteiger partial charge in [0.25, 0.3) is 0 Å². The van der Waals surface area contributed by atoms with E-state index in [-0.39, 0.29) is 17.6 Å². The van der Waals surface area contributed by atoms with Gasteiger partial charge in [-0.25, -0.2) is 12.7 Å². The van der Waals surface area contributed by atoms with E-state index in [2.05, 4.69) is 0 Å². The first-order chi connectivity index (χ1) is 6.02. The van der Waals surface area contributed by atoms with Crippen LogP contribution in [0.5, 0.6) is 0 Å². The van der Waals surface area contributed by atoms with Gasteiger partial charge in [-0.05, 0) is 18.8 Å². The van der Waals surface area contributed by atoms with Crippen molar-refractivity contribution in [3.63, 3.8) is 0 Å². The van der Waals surface area contributed by atoms with Gasteiger partial charge in [-0.3, -0.25) is 4.79 Å². The Morgan fingerprint density at radius 3 is 2.46 bits per heavy atom. The number of carbonyl (C=O) groups is 1. The third kappa shape index (κ3) is 1.45. The number of rotatable bonds is 1. The molecular weight excluding hydrogens is 190 g/mol. The van der Waals surface area contributed by atoms with Gasteiger partial charge in [0.2, 0.25) is 15.9 Å². The van der Waals surface area contributed by atoms with Crippen LogP contribution in [0.3, 0.4) is 0 Å². The molecule has 0 aromatic carbocycles. The molecule has 13 heavy (non-hydrogen) atoms. The van der Waals surface area contributed by atoms with E-state index in [0.717, 1.165) is 10.7 Å². The first-order valence-corrected chi connectivity index (χ1v) is 6.17. The summed E-state index contributed by atoms with van der Waals surface area (Å²) >= 11 is 0. The number of carbonyl (C=O) groups excluding carboxylic acids is 1. The molecule has 4 nitrogen and oxygen atoms in total. The summed E-state index contributed by atoms with van der Waals surface area (Å²) in [4.78, 5) is 11.6. The van der Waals surface area contributed by atoms with E-state index in [9.17, 15) is 13.2 Å². The standard InChI is InChI=1S/C8H13NO3S/c1-6-5-7(6)8(10)9-3-2-4-13(9,11)12/h6-7H,2-5H2,1H3/t6-,7-/m1/s1. The van der Waals surface area contributed by atoms with E-state index in [0.29, 0.717) is 18.9 Å². The number of hydrogen-bond donors (Lipinski definition) is 0. The zero-order chi connectivity index (χ0) is 9.64. The Morgan fingerprint density at radius 2 is 2.08 bits per heavy atom. The Balaban J connectivity index is 2.13. The van der Waals surface area contributed by atoms with Gasteiger partial charge < -0.3 is 0 Å². The van der Waals surface area contributed by atoms with E-state index >= 15 is 0 Å². The summed E-state index contributed by atoms with van der Waals surface area (Å²) in [6.45, 7) is 2.37. The van der Waals surface area contributed by atoms with E-state index < -0.39 is 10.0 Å². The smallest absolute Gasteiger partial charge is 0.239 e. The fourth-order valence-corrected chi connectivity index (χ4v) is 3.27. The number of hydrogen-bond acceptors (Lipinski definition) is 3. The molecular formula is C8H13NO3S. The summed E-state index contributed by atoms with van der Waals surface area (Å²) in [6.07, 6.45) is 1.44. The molecule has 0 aromatic heterocycles. The number of amides is 1. The van der Waals surface area contributed by atoms with Crippen molar-refractivity contribution in [2.45, 2.75) is 19.8 Å². The third-order valence-corrected chi connectivity index (χ3v) is 4.61. The molecule has 0 N–H and O–H groups in total. The fraction of sp³-hybridized carbons (Fsp3) is 0.875. The molecule has 0 bridgehead atoms. The van der Waals surface area contributed by atoms with Crippen molar-refractivity contribution in [3.05, 3.63) is 0 Å². The van der Waals surface area contributed by atoms with Crippen molar-refractivity contribution in [1.82, 2.24) is 4.31 Å². The predicted octanol–water partition coefficient (Wildman–Crippen LogP) is 0.205. The minimum absolute atomic E-state index is 0.0205. The second-order valence-electron chi connectivity index (χ2n) is 3.90. The van der Waals surface area contributed by atoms with E-state index in [1.807, 2.05) is 6.92 Å². The van der Waals surface area contributed by atoms with Gasteiger partial charge in [-0.2, -0.15) is 0 Å². The summed E-state index contributed by atoms with van der Waals surface area (Å²) in [5, 5.41) is 0. The molecule has 2 fully saturated rings. The van der Waals surface area contributed by atoms with Crippen molar-refractivity contribution < 1.29 is 13.2 Å². The quantitative estimate of drug-likeness (QED) is 0.612. The summed E-state index contributed by atoms with van der Waals surface area (Å²) in [7, 11) is -3.23. The molecule has 5 heteroatoms. The molecule has 1 aliphatic heterocycles. The Labute approximate surface area is 78.0 Å². The van der Waals surface area contributed by atoms with Crippen LogP contribution >= 0.6 is 0 Å². The molecule has 1 aliphatic carbocycles. The highest BCUT2D eigenvalue weighted by molar-refractivity contribution is 7.89. The normalized spacial score (nSPS) is 36.2. The molecule has 1 heterocycles. The van der Waals surface area contributed by atoms with Crippen LogP contribution in [0.2, 0.25) is 0 Å². The lowest BCUT2D eigenvalue weighted by molar-refractivity contribution is -0.127. The van der Waals surface area contributed by atoms with Crippen LogP contribution in [0.1, 0.15) is 19.8 Å². The molecule has 0 spiro atoms. The summed E-state index contributed by atoms with van der Waals surface area (Å²) in [5.41, 5.74) is 0. The molecule has 2 aliphatic rings. The molecule has 0 aromatic rings.